The number of carbonyl (C=O) groups is 1. The smallest absolute Gasteiger partial charge is 0.274 e. The first-order valence-electron chi connectivity index (χ1n) is 4.10. The van der Waals surface area contributed by atoms with Crippen LogP contribution in [-0.2, 0) is 4.79 Å². The highest BCUT2D eigenvalue weighted by Crippen LogP contribution is 2.27. The second-order valence-corrected chi connectivity index (χ2v) is 3.71. The molecule has 0 unspecified atom stereocenters. The van der Waals surface area contributed by atoms with Gasteiger partial charge in [0.05, 0.1) is 5.02 Å². The Morgan fingerprint density at radius 3 is 2.80 bits per heavy atom. The summed E-state index contributed by atoms with van der Waals surface area (Å²) in [5.41, 5.74) is 0. The van der Waals surface area contributed by atoms with E-state index in [0.29, 0.717) is 15.8 Å². The lowest BCUT2D eigenvalue weighted by molar-refractivity contribution is -0.132. The standard InChI is InChI=1S/C9H10Cl2N2O2/c1-13(12)9(14)5-15-8-4-6(10)2-3-7(8)11/h2-4H,5,12H2,1H3. The van der Waals surface area contributed by atoms with E-state index in [2.05, 4.69) is 0 Å². The molecule has 1 aromatic carbocycles. The molecule has 0 saturated carbocycles. The van der Waals surface area contributed by atoms with Crippen LogP contribution in [0.25, 0.3) is 0 Å². The minimum absolute atomic E-state index is 0.174. The fourth-order valence-electron chi connectivity index (χ4n) is 0.829. The second kappa shape index (κ2) is 5.21. The van der Waals surface area contributed by atoms with Gasteiger partial charge in [0, 0.05) is 18.1 Å². The Bertz CT molecular complexity index is 369. The number of ether oxygens (including phenoxy) is 1. The van der Waals surface area contributed by atoms with E-state index in [1.165, 1.54) is 13.1 Å². The van der Waals surface area contributed by atoms with Crippen LogP contribution in [0.1, 0.15) is 0 Å². The molecule has 2 N–H and O–H groups in total. The molecule has 1 amide bonds. The summed E-state index contributed by atoms with van der Waals surface area (Å²) in [5.74, 6) is 5.22. The first kappa shape index (κ1) is 12.1. The Kier molecular flexibility index (Phi) is 4.20. The molecule has 0 spiro atoms. The molecular weight excluding hydrogens is 239 g/mol. The predicted molar refractivity (Wildman–Crippen MR) is 58.9 cm³/mol. The van der Waals surface area contributed by atoms with Crippen molar-refractivity contribution in [3.63, 3.8) is 0 Å². The van der Waals surface area contributed by atoms with Crippen molar-refractivity contribution in [1.82, 2.24) is 5.01 Å². The molecule has 15 heavy (non-hydrogen) atoms. The molecule has 0 bridgehead atoms. The highest BCUT2D eigenvalue weighted by atomic mass is 35.5. The number of hydrogen-bond acceptors (Lipinski definition) is 3. The summed E-state index contributed by atoms with van der Waals surface area (Å²) in [6.45, 7) is -0.174. The Balaban J connectivity index is 2.65. The maximum absolute atomic E-state index is 11.1. The molecule has 82 valence electrons. The van der Waals surface area contributed by atoms with Gasteiger partial charge in [0.2, 0.25) is 0 Å². The SMILES string of the molecule is CN(N)C(=O)COc1cc(Cl)ccc1Cl. The van der Waals surface area contributed by atoms with Crippen molar-refractivity contribution in [3.05, 3.63) is 28.2 Å². The molecule has 0 saturated heterocycles. The summed E-state index contributed by atoms with van der Waals surface area (Å²) in [6.07, 6.45) is 0. The van der Waals surface area contributed by atoms with Crippen LogP contribution in [0.5, 0.6) is 5.75 Å². The number of rotatable bonds is 3. The fraction of sp³-hybridized carbons (Fsp3) is 0.222. The Morgan fingerprint density at radius 2 is 2.20 bits per heavy atom. The highest BCUT2D eigenvalue weighted by Gasteiger charge is 2.08. The third-order valence-corrected chi connectivity index (χ3v) is 2.19. The number of hydrogen-bond donors (Lipinski definition) is 1. The number of carbonyl (C=O) groups excluding carboxylic acids is 1. The molecule has 0 aliphatic rings. The van der Waals surface area contributed by atoms with Crippen molar-refractivity contribution in [2.24, 2.45) is 5.84 Å². The summed E-state index contributed by atoms with van der Waals surface area (Å²) < 4.78 is 5.15. The number of amides is 1. The Morgan fingerprint density at radius 1 is 1.53 bits per heavy atom. The van der Waals surface area contributed by atoms with Gasteiger partial charge >= 0.3 is 0 Å². The van der Waals surface area contributed by atoms with Crippen molar-refractivity contribution >= 4 is 29.1 Å². The van der Waals surface area contributed by atoms with E-state index in [1.54, 1.807) is 12.1 Å². The molecule has 0 heterocycles. The summed E-state index contributed by atoms with van der Waals surface area (Å²) in [6, 6.07) is 4.76. The molecular formula is C9H10Cl2N2O2. The lowest BCUT2D eigenvalue weighted by atomic mass is 10.3. The predicted octanol–water partition coefficient (Wildman–Crippen LogP) is 1.70. The molecule has 6 heteroatoms. The highest BCUT2D eigenvalue weighted by molar-refractivity contribution is 6.34. The van der Waals surface area contributed by atoms with Gasteiger partial charge in [-0.15, -0.1) is 0 Å². The number of likely N-dealkylation sites (N-methyl/N-ethyl adjacent to an activating group) is 1. The molecule has 0 aliphatic carbocycles. The fourth-order valence-corrected chi connectivity index (χ4v) is 1.16. The van der Waals surface area contributed by atoms with Gasteiger partial charge in [0.1, 0.15) is 5.75 Å². The van der Waals surface area contributed by atoms with E-state index in [4.69, 9.17) is 33.8 Å². The topological polar surface area (TPSA) is 55.6 Å². The van der Waals surface area contributed by atoms with Gasteiger partial charge in [-0.3, -0.25) is 9.80 Å². The lowest BCUT2D eigenvalue weighted by Gasteiger charge is -2.11. The molecule has 0 aliphatic heterocycles. The zero-order valence-electron chi connectivity index (χ0n) is 8.04. The third-order valence-electron chi connectivity index (χ3n) is 1.64. The molecule has 4 nitrogen and oxygen atoms in total. The van der Waals surface area contributed by atoms with Crippen molar-refractivity contribution < 1.29 is 9.53 Å². The number of halogens is 2. The van der Waals surface area contributed by atoms with Crippen molar-refractivity contribution in [1.29, 1.82) is 0 Å². The van der Waals surface area contributed by atoms with Gasteiger partial charge in [-0.2, -0.15) is 0 Å². The van der Waals surface area contributed by atoms with Crippen molar-refractivity contribution in [3.8, 4) is 5.75 Å². The van der Waals surface area contributed by atoms with E-state index >= 15 is 0 Å². The number of nitrogens with zero attached hydrogens (tertiary/aromatic N) is 1. The van der Waals surface area contributed by atoms with Gasteiger partial charge in [0.25, 0.3) is 5.91 Å². The van der Waals surface area contributed by atoms with Gasteiger partial charge in [-0.25, -0.2) is 5.84 Å². The molecule has 0 radical (unpaired) electrons. The third kappa shape index (κ3) is 3.58. The van der Waals surface area contributed by atoms with E-state index in [0.717, 1.165) is 5.01 Å². The zero-order chi connectivity index (χ0) is 11.4. The van der Waals surface area contributed by atoms with Crippen LogP contribution in [0, 0.1) is 0 Å². The monoisotopic (exact) mass is 248 g/mol. The summed E-state index contributed by atoms with van der Waals surface area (Å²) in [7, 11) is 1.44. The average molecular weight is 249 g/mol. The second-order valence-electron chi connectivity index (χ2n) is 2.87. The summed E-state index contributed by atoms with van der Waals surface area (Å²) >= 11 is 11.6. The van der Waals surface area contributed by atoms with Crippen LogP contribution >= 0.6 is 23.2 Å². The van der Waals surface area contributed by atoms with Gasteiger partial charge in [-0.1, -0.05) is 23.2 Å². The quantitative estimate of drug-likeness (QED) is 0.504. The zero-order valence-corrected chi connectivity index (χ0v) is 9.55. The number of benzene rings is 1. The largest absolute Gasteiger partial charge is 0.482 e. The summed E-state index contributed by atoms with van der Waals surface area (Å²) in [5, 5.41) is 1.83. The van der Waals surface area contributed by atoms with Crippen LogP contribution in [0.3, 0.4) is 0 Å². The van der Waals surface area contributed by atoms with Crippen LogP contribution in [-0.4, -0.2) is 24.6 Å². The average Bonchev–Trinajstić information content (AvgIpc) is 2.18. The van der Waals surface area contributed by atoms with E-state index in [1.807, 2.05) is 0 Å². The Labute approximate surface area is 97.5 Å². The van der Waals surface area contributed by atoms with Gasteiger partial charge in [-0.05, 0) is 12.1 Å². The van der Waals surface area contributed by atoms with E-state index < -0.39 is 0 Å². The molecule has 1 rings (SSSR count). The van der Waals surface area contributed by atoms with Gasteiger partial charge in [0.15, 0.2) is 6.61 Å². The van der Waals surface area contributed by atoms with Gasteiger partial charge < -0.3 is 4.74 Å². The molecule has 0 fully saturated rings. The maximum atomic E-state index is 11.1. The first-order chi connectivity index (χ1) is 7.00. The summed E-state index contributed by atoms with van der Waals surface area (Å²) in [4.78, 5) is 11.1. The van der Waals surface area contributed by atoms with Crippen LogP contribution in [0.4, 0.5) is 0 Å². The first-order valence-corrected chi connectivity index (χ1v) is 4.85. The van der Waals surface area contributed by atoms with Crippen molar-refractivity contribution in [2.75, 3.05) is 13.7 Å². The molecule has 1 aromatic rings. The lowest BCUT2D eigenvalue weighted by Crippen LogP contribution is -2.36. The molecule has 0 atom stereocenters. The van der Waals surface area contributed by atoms with Crippen LogP contribution < -0.4 is 10.6 Å². The molecule has 0 aromatic heterocycles. The van der Waals surface area contributed by atoms with E-state index in [-0.39, 0.29) is 12.5 Å². The minimum Gasteiger partial charge on any atom is -0.482 e. The number of hydrazine groups is 1. The normalized spacial score (nSPS) is 9.87. The number of nitrogens with two attached hydrogens (primary N) is 1. The van der Waals surface area contributed by atoms with E-state index in [9.17, 15) is 4.79 Å². The minimum atomic E-state index is -0.356. The maximum Gasteiger partial charge on any atom is 0.274 e. The van der Waals surface area contributed by atoms with Crippen molar-refractivity contribution in [2.45, 2.75) is 0 Å². The van der Waals surface area contributed by atoms with Crippen LogP contribution in [0.2, 0.25) is 10.0 Å². The van der Waals surface area contributed by atoms with Crippen LogP contribution in [0.15, 0.2) is 18.2 Å². The Hall–Kier alpha value is -0.970.